The average Bonchev–Trinajstić information content (AvgIpc) is 2.85. The third-order valence-corrected chi connectivity index (χ3v) is 5.45. The van der Waals surface area contributed by atoms with Crippen molar-refractivity contribution in [2.45, 2.75) is 13.5 Å². The maximum atomic E-state index is 13.4. The minimum atomic E-state index is -0.353. The number of aromatic nitrogens is 1. The van der Waals surface area contributed by atoms with Crippen molar-refractivity contribution in [1.82, 2.24) is 4.57 Å². The van der Waals surface area contributed by atoms with Gasteiger partial charge in [0.1, 0.15) is 5.75 Å². The van der Waals surface area contributed by atoms with Gasteiger partial charge >= 0.3 is 0 Å². The summed E-state index contributed by atoms with van der Waals surface area (Å²) in [5, 5.41) is 0.389. The quantitative estimate of drug-likeness (QED) is 0.370. The van der Waals surface area contributed by atoms with E-state index in [9.17, 15) is 9.59 Å². The maximum absolute atomic E-state index is 13.4. The molecular formula is C27H25NO5. The zero-order valence-electron chi connectivity index (χ0n) is 18.8. The first-order chi connectivity index (χ1) is 16.0. The number of carbonyl (C=O) groups excluding carboxylic acids is 1. The molecule has 1 heterocycles. The van der Waals surface area contributed by atoms with Crippen LogP contribution in [0.5, 0.6) is 17.2 Å². The molecule has 0 aliphatic heterocycles. The SMILES string of the molecule is CCOc1ccc(C(=O)c2cn(Cc3ccccc3)c3cc(OC)c(OC)cc3c2=O)cc1. The molecule has 0 bridgehead atoms. The lowest BCUT2D eigenvalue weighted by Crippen LogP contribution is -2.20. The van der Waals surface area contributed by atoms with Crippen LogP contribution >= 0.6 is 0 Å². The Morgan fingerprint density at radius 3 is 2.21 bits per heavy atom. The van der Waals surface area contributed by atoms with Gasteiger partial charge in [-0.25, -0.2) is 0 Å². The predicted molar refractivity (Wildman–Crippen MR) is 128 cm³/mol. The number of methoxy groups -OCH3 is 2. The van der Waals surface area contributed by atoms with E-state index >= 15 is 0 Å². The van der Waals surface area contributed by atoms with Crippen LogP contribution in [0.25, 0.3) is 10.9 Å². The lowest BCUT2D eigenvalue weighted by atomic mass is 10.0. The summed E-state index contributed by atoms with van der Waals surface area (Å²) >= 11 is 0. The van der Waals surface area contributed by atoms with Gasteiger partial charge in [-0.2, -0.15) is 0 Å². The number of ether oxygens (including phenoxy) is 3. The summed E-state index contributed by atoms with van der Waals surface area (Å²) in [6, 6.07) is 20.1. The number of pyridine rings is 1. The molecule has 0 N–H and O–H groups in total. The van der Waals surface area contributed by atoms with Gasteiger partial charge in [0.05, 0.1) is 37.3 Å². The maximum Gasteiger partial charge on any atom is 0.200 e. The highest BCUT2D eigenvalue weighted by Gasteiger charge is 2.19. The first-order valence-corrected chi connectivity index (χ1v) is 10.7. The Bertz CT molecular complexity index is 1340. The molecule has 0 saturated carbocycles. The van der Waals surface area contributed by atoms with Crippen LogP contribution < -0.4 is 19.6 Å². The van der Waals surface area contributed by atoms with Crippen LogP contribution in [0.3, 0.4) is 0 Å². The van der Waals surface area contributed by atoms with Crippen LogP contribution in [0, 0.1) is 0 Å². The van der Waals surface area contributed by atoms with Crippen molar-refractivity contribution in [1.29, 1.82) is 0 Å². The number of nitrogens with zero attached hydrogens (tertiary/aromatic N) is 1. The van der Waals surface area contributed by atoms with E-state index in [2.05, 4.69) is 0 Å². The second-order valence-corrected chi connectivity index (χ2v) is 7.50. The highest BCUT2D eigenvalue weighted by molar-refractivity contribution is 6.10. The van der Waals surface area contributed by atoms with Gasteiger partial charge in [-0.15, -0.1) is 0 Å². The molecule has 0 aliphatic carbocycles. The number of carbonyl (C=O) groups is 1. The molecule has 0 aliphatic rings. The topological polar surface area (TPSA) is 66.8 Å². The van der Waals surface area contributed by atoms with E-state index in [1.807, 2.05) is 41.8 Å². The molecule has 0 fully saturated rings. The van der Waals surface area contributed by atoms with Gasteiger partial charge in [-0.1, -0.05) is 30.3 Å². The van der Waals surface area contributed by atoms with Gasteiger partial charge < -0.3 is 18.8 Å². The van der Waals surface area contributed by atoms with Gasteiger partial charge in [0.15, 0.2) is 17.3 Å². The molecule has 0 radical (unpaired) electrons. The average molecular weight is 443 g/mol. The van der Waals surface area contributed by atoms with Gasteiger partial charge in [0, 0.05) is 24.4 Å². The van der Waals surface area contributed by atoms with Crippen molar-refractivity contribution in [3.63, 3.8) is 0 Å². The van der Waals surface area contributed by atoms with Gasteiger partial charge in [-0.3, -0.25) is 9.59 Å². The third kappa shape index (κ3) is 4.46. The zero-order chi connectivity index (χ0) is 23.4. The van der Waals surface area contributed by atoms with Crippen LogP contribution in [0.2, 0.25) is 0 Å². The first kappa shape index (κ1) is 22.1. The number of hydrogen-bond acceptors (Lipinski definition) is 5. The molecule has 4 aromatic rings. The van der Waals surface area contributed by atoms with E-state index in [1.54, 1.807) is 49.7 Å². The first-order valence-electron chi connectivity index (χ1n) is 10.7. The highest BCUT2D eigenvalue weighted by Crippen LogP contribution is 2.31. The highest BCUT2D eigenvalue weighted by atomic mass is 16.5. The fourth-order valence-corrected chi connectivity index (χ4v) is 3.81. The number of hydrogen-bond donors (Lipinski definition) is 0. The molecule has 0 unspecified atom stereocenters. The summed E-state index contributed by atoms with van der Waals surface area (Å²) in [5.74, 6) is 1.27. The van der Waals surface area contributed by atoms with E-state index in [-0.39, 0.29) is 16.8 Å². The van der Waals surface area contributed by atoms with E-state index in [0.29, 0.717) is 46.9 Å². The van der Waals surface area contributed by atoms with Crippen LogP contribution in [0.1, 0.15) is 28.4 Å². The van der Waals surface area contributed by atoms with Crippen LogP contribution in [0.15, 0.2) is 77.7 Å². The molecule has 3 aromatic carbocycles. The van der Waals surface area contributed by atoms with Gasteiger partial charge in [0.2, 0.25) is 5.43 Å². The number of rotatable bonds is 8. The smallest absolute Gasteiger partial charge is 0.200 e. The second kappa shape index (κ2) is 9.61. The standard InChI is InChI=1S/C27H25NO5/c1-4-33-20-12-10-19(11-13-20)26(29)22-17-28(16-18-8-6-5-7-9-18)23-15-25(32-3)24(31-2)14-21(23)27(22)30/h5-15,17H,4,16H2,1-3H3. The molecule has 0 saturated heterocycles. The predicted octanol–water partition coefficient (Wildman–Crippen LogP) is 4.70. The lowest BCUT2D eigenvalue weighted by molar-refractivity contribution is 0.103. The van der Waals surface area contributed by atoms with Crippen molar-refractivity contribution in [3.8, 4) is 17.2 Å². The number of fused-ring (bicyclic) bond motifs is 1. The number of ketones is 1. The molecule has 6 heteroatoms. The van der Waals surface area contributed by atoms with Crippen molar-refractivity contribution < 1.29 is 19.0 Å². The molecular weight excluding hydrogens is 418 g/mol. The Balaban J connectivity index is 1.89. The Labute approximate surface area is 192 Å². The fourth-order valence-electron chi connectivity index (χ4n) is 3.81. The fraction of sp³-hybridized carbons (Fsp3) is 0.185. The van der Waals surface area contributed by atoms with Gasteiger partial charge in [0.25, 0.3) is 0 Å². The number of benzene rings is 3. The summed E-state index contributed by atoms with van der Waals surface area (Å²) in [4.78, 5) is 26.8. The summed E-state index contributed by atoms with van der Waals surface area (Å²) in [6.07, 6.45) is 1.63. The Morgan fingerprint density at radius 1 is 0.909 bits per heavy atom. The van der Waals surface area contributed by atoms with Crippen molar-refractivity contribution in [2.75, 3.05) is 20.8 Å². The van der Waals surface area contributed by atoms with Crippen LogP contribution in [0.4, 0.5) is 0 Å². The van der Waals surface area contributed by atoms with Gasteiger partial charge in [-0.05, 0) is 42.8 Å². The Morgan fingerprint density at radius 2 is 1.58 bits per heavy atom. The Hall–Kier alpha value is -4.06. The monoisotopic (exact) mass is 443 g/mol. The van der Waals surface area contributed by atoms with E-state index in [4.69, 9.17) is 14.2 Å². The molecule has 168 valence electrons. The molecule has 0 spiro atoms. The summed E-state index contributed by atoms with van der Waals surface area (Å²) in [5.41, 5.74) is 1.85. The van der Waals surface area contributed by atoms with Crippen molar-refractivity contribution in [3.05, 3.63) is 99.8 Å². The second-order valence-electron chi connectivity index (χ2n) is 7.50. The molecule has 6 nitrogen and oxygen atoms in total. The molecule has 0 atom stereocenters. The Kier molecular flexibility index (Phi) is 6.45. The summed E-state index contributed by atoms with van der Waals surface area (Å²) in [6.45, 7) is 2.91. The molecule has 0 amide bonds. The summed E-state index contributed by atoms with van der Waals surface area (Å²) < 4.78 is 18.2. The van der Waals surface area contributed by atoms with E-state index in [0.717, 1.165) is 5.56 Å². The largest absolute Gasteiger partial charge is 0.494 e. The minimum absolute atomic E-state index is 0.0924. The van der Waals surface area contributed by atoms with Crippen LogP contribution in [-0.2, 0) is 6.54 Å². The normalized spacial score (nSPS) is 10.8. The van der Waals surface area contributed by atoms with Crippen LogP contribution in [-0.4, -0.2) is 31.2 Å². The van der Waals surface area contributed by atoms with Crippen molar-refractivity contribution in [2.24, 2.45) is 0 Å². The zero-order valence-corrected chi connectivity index (χ0v) is 18.8. The van der Waals surface area contributed by atoms with Crippen molar-refractivity contribution >= 4 is 16.7 Å². The third-order valence-electron chi connectivity index (χ3n) is 5.45. The summed E-state index contributed by atoms with van der Waals surface area (Å²) in [7, 11) is 3.06. The lowest BCUT2D eigenvalue weighted by Gasteiger charge is -2.16. The molecule has 4 rings (SSSR count). The van der Waals surface area contributed by atoms with E-state index in [1.165, 1.54) is 7.11 Å². The molecule has 1 aromatic heterocycles. The van der Waals surface area contributed by atoms with E-state index < -0.39 is 0 Å². The molecule has 33 heavy (non-hydrogen) atoms. The minimum Gasteiger partial charge on any atom is -0.494 e.